The van der Waals surface area contributed by atoms with Gasteiger partial charge in [0.2, 0.25) is 0 Å². The highest BCUT2D eigenvalue weighted by Gasteiger charge is 2.08. The van der Waals surface area contributed by atoms with Gasteiger partial charge in [0.25, 0.3) is 5.91 Å². The Labute approximate surface area is 154 Å². The number of amides is 1. The van der Waals surface area contributed by atoms with Gasteiger partial charge in [-0.15, -0.1) is 0 Å². The first-order valence-corrected chi connectivity index (χ1v) is 8.06. The number of fused-ring (bicyclic) bond motifs is 1. The molecule has 3 aromatic rings. The number of hydrogen-bond acceptors (Lipinski definition) is 4. The number of hydrogen-bond donors (Lipinski definition) is 4. The number of aliphatic carboxylic acids is 1. The van der Waals surface area contributed by atoms with Crippen LogP contribution in [0.1, 0.15) is 15.9 Å². The van der Waals surface area contributed by atoms with Crippen molar-refractivity contribution in [2.24, 2.45) is 5.73 Å². The van der Waals surface area contributed by atoms with Gasteiger partial charge < -0.3 is 20.9 Å². The third-order valence-electron chi connectivity index (χ3n) is 3.89. The van der Waals surface area contributed by atoms with Gasteiger partial charge in [0.15, 0.2) is 6.61 Å². The van der Waals surface area contributed by atoms with E-state index in [1.807, 2.05) is 6.07 Å². The zero-order valence-corrected chi connectivity index (χ0v) is 14.2. The standard InChI is InChI=1S/C20H17N3O4/c21-19(22)14-3-1-13-10-15(4-2-12(13)9-14)20(26)23-16-5-7-17(8-6-16)27-11-18(24)25/h1-10H,11H2,(H3,21,22)(H,23,26)(H,24,25). The first-order chi connectivity index (χ1) is 12.9. The van der Waals surface area contributed by atoms with E-state index in [9.17, 15) is 9.59 Å². The highest BCUT2D eigenvalue weighted by atomic mass is 16.5. The van der Waals surface area contributed by atoms with Gasteiger partial charge in [0.1, 0.15) is 11.6 Å². The van der Waals surface area contributed by atoms with Crippen molar-refractivity contribution >= 4 is 34.2 Å². The molecule has 0 radical (unpaired) electrons. The van der Waals surface area contributed by atoms with E-state index in [1.54, 1.807) is 54.6 Å². The number of carbonyl (C=O) groups excluding carboxylic acids is 1. The smallest absolute Gasteiger partial charge is 0.341 e. The predicted octanol–water partition coefficient (Wildman–Crippen LogP) is 2.84. The maximum Gasteiger partial charge on any atom is 0.341 e. The van der Waals surface area contributed by atoms with E-state index in [1.165, 1.54) is 0 Å². The Hall–Kier alpha value is -3.87. The van der Waals surface area contributed by atoms with Gasteiger partial charge in [-0.05, 0) is 53.2 Å². The lowest BCUT2D eigenvalue weighted by Gasteiger charge is -2.08. The van der Waals surface area contributed by atoms with Gasteiger partial charge in [-0.3, -0.25) is 10.2 Å². The summed E-state index contributed by atoms with van der Waals surface area (Å²) in [7, 11) is 0. The molecule has 5 N–H and O–H groups in total. The number of amidine groups is 1. The van der Waals surface area contributed by atoms with Crippen LogP contribution in [0.3, 0.4) is 0 Å². The van der Waals surface area contributed by atoms with Crippen LogP contribution in [0, 0.1) is 5.41 Å². The first kappa shape index (κ1) is 17.9. The minimum atomic E-state index is -1.06. The third-order valence-corrected chi connectivity index (χ3v) is 3.89. The number of nitrogens with one attached hydrogen (secondary N) is 2. The molecular weight excluding hydrogens is 346 g/mol. The summed E-state index contributed by atoms with van der Waals surface area (Å²) in [4.78, 5) is 22.9. The first-order valence-electron chi connectivity index (χ1n) is 8.06. The fourth-order valence-corrected chi connectivity index (χ4v) is 2.54. The topological polar surface area (TPSA) is 126 Å². The Morgan fingerprint density at radius 2 is 1.56 bits per heavy atom. The Bertz CT molecular complexity index is 1030. The van der Waals surface area contributed by atoms with Crippen molar-refractivity contribution < 1.29 is 19.4 Å². The highest BCUT2D eigenvalue weighted by Crippen LogP contribution is 2.20. The van der Waals surface area contributed by atoms with E-state index in [-0.39, 0.29) is 11.7 Å². The number of anilines is 1. The molecule has 0 saturated carbocycles. The summed E-state index contributed by atoms with van der Waals surface area (Å²) in [5, 5.41) is 20.6. The molecule has 0 spiro atoms. The van der Waals surface area contributed by atoms with Crippen LogP contribution in [0.2, 0.25) is 0 Å². The van der Waals surface area contributed by atoms with Crippen molar-refractivity contribution in [1.29, 1.82) is 5.41 Å². The molecule has 27 heavy (non-hydrogen) atoms. The molecule has 1 amide bonds. The molecular formula is C20H17N3O4. The van der Waals surface area contributed by atoms with Gasteiger partial charge >= 0.3 is 5.97 Å². The molecule has 7 nitrogen and oxygen atoms in total. The van der Waals surface area contributed by atoms with E-state index in [0.29, 0.717) is 22.6 Å². The Kier molecular flexibility index (Phi) is 5.03. The Morgan fingerprint density at radius 1 is 0.963 bits per heavy atom. The zero-order valence-electron chi connectivity index (χ0n) is 14.2. The van der Waals surface area contributed by atoms with Crippen LogP contribution in [0.25, 0.3) is 10.8 Å². The van der Waals surface area contributed by atoms with Crippen molar-refractivity contribution in [3.05, 3.63) is 71.8 Å². The molecule has 0 atom stereocenters. The van der Waals surface area contributed by atoms with Crippen molar-refractivity contribution in [1.82, 2.24) is 0 Å². The predicted molar refractivity (Wildman–Crippen MR) is 102 cm³/mol. The quantitative estimate of drug-likeness (QED) is 0.396. The summed E-state index contributed by atoms with van der Waals surface area (Å²) >= 11 is 0. The molecule has 0 unspecified atom stereocenters. The number of nitrogens with two attached hydrogens (primary N) is 1. The SMILES string of the molecule is N=C(N)c1ccc2cc(C(=O)Nc3ccc(OCC(=O)O)cc3)ccc2c1. The summed E-state index contributed by atoms with van der Waals surface area (Å²) in [5.74, 6) is -0.928. The van der Waals surface area contributed by atoms with Crippen LogP contribution < -0.4 is 15.8 Å². The van der Waals surface area contributed by atoms with Crippen molar-refractivity contribution in [3.8, 4) is 5.75 Å². The van der Waals surface area contributed by atoms with Crippen molar-refractivity contribution in [2.45, 2.75) is 0 Å². The number of rotatable bonds is 6. The van der Waals surface area contributed by atoms with E-state index in [0.717, 1.165) is 10.8 Å². The number of nitrogen functional groups attached to an aromatic ring is 1. The average Bonchev–Trinajstić information content (AvgIpc) is 2.66. The number of ether oxygens (including phenoxy) is 1. The number of benzene rings is 3. The van der Waals surface area contributed by atoms with Gasteiger partial charge in [-0.25, -0.2) is 4.79 Å². The molecule has 3 rings (SSSR count). The molecule has 0 bridgehead atoms. The third kappa shape index (κ3) is 4.40. The molecule has 3 aromatic carbocycles. The summed E-state index contributed by atoms with van der Waals surface area (Å²) in [6.07, 6.45) is 0. The second-order valence-corrected chi connectivity index (χ2v) is 5.85. The van der Waals surface area contributed by atoms with E-state index in [4.69, 9.17) is 21.0 Å². The van der Waals surface area contributed by atoms with E-state index >= 15 is 0 Å². The van der Waals surface area contributed by atoms with Crippen molar-refractivity contribution in [3.63, 3.8) is 0 Å². The van der Waals surface area contributed by atoms with Gasteiger partial charge in [-0.2, -0.15) is 0 Å². The molecule has 0 aliphatic carbocycles. The summed E-state index contributed by atoms with van der Waals surface area (Å²) < 4.78 is 5.05. The average molecular weight is 363 g/mol. The molecule has 136 valence electrons. The van der Waals surface area contributed by atoms with Crippen LogP contribution in [0.15, 0.2) is 60.7 Å². The summed E-state index contributed by atoms with van der Waals surface area (Å²) in [6.45, 7) is -0.422. The molecule has 0 saturated heterocycles. The van der Waals surface area contributed by atoms with Gasteiger partial charge in [-0.1, -0.05) is 18.2 Å². The maximum atomic E-state index is 12.5. The Balaban J connectivity index is 1.72. The van der Waals surface area contributed by atoms with Crippen LogP contribution in [0.5, 0.6) is 5.75 Å². The molecule has 0 aliphatic rings. The zero-order chi connectivity index (χ0) is 19.4. The number of carboxylic acids is 1. The maximum absolute atomic E-state index is 12.5. The summed E-state index contributed by atoms with van der Waals surface area (Å²) in [6, 6.07) is 17.1. The normalized spacial score (nSPS) is 10.4. The lowest BCUT2D eigenvalue weighted by molar-refractivity contribution is -0.139. The fourth-order valence-electron chi connectivity index (χ4n) is 2.54. The number of carbonyl (C=O) groups is 2. The summed E-state index contributed by atoms with van der Waals surface area (Å²) in [5.41, 5.74) is 7.18. The monoisotopic (exact) mass is 363 g/mol. The van der Waals surface area contributed by atoms with Crippen LogP contribution >= 0.6 is 0 Å². The Morgan fingerprint density at radius 3 is 2.15 bits per heavy atom. The molecule has 0 aliphatic heterocycles. The highest BCUT2D eigenvalue weighted by molar-refractivity contribution is 6.07. The van der Waals surface area contributed by atoms with Crippen molar-refractivity contribution in [2.75, 3.05) is 11.9 Å². The van der Waals surface area contributed by atoms with E-state index in [2.05, 4.69) is 5.32 Å². The van der Waals surface area contributed by atoms with Crippen LogP contribution in [-0.2, 0) is 4.79 Å². The second kappa shape index (κ2) is 7.57. The van der Waals surface area contributed by atoms with E-state index < -0.39 is 12.6 Å². The number of carboxylic acid groups (broad SMARTS) is 1. The largest absolute Gasteiger partial charge is 0.482 e. The molecule has 7 heteroatoms. The molecule has 0 fully saturated rings. The van der Waals surface area contributed by atoms with Gasteiger partial charge in [0, 0.05) is 16.8 Å². The van der Waals surface area contributed by atoms with Crippen LogP contribution in [-0.4, -0.2) is 29.4 Å². The lowest BCUT2D eigenvalue weighted by Crippen LogP contribution is -2.12. The van der Waals surface area contributed by atoms with Gasteiger partial charge in [0.05, 0.1) is 0 Å². The van der Waals surface area contributed by atoms with Crippen LogP contribution in [0.4, 0.5) is 5.69 Å². The minimum Gasteiger partial charge on any atom is -0.482 e. The lowest BCUT2D eigenvalue weighted by atomic mass is 10.0. The molecule has 0 heterocycles. The second-order valence-electron chi connectivity index (χ2n) is 5.85. The minimum absolute atomic E-state index is 0.00509. The molecule has 0 aromatic heterocycles. The fraction of sp³-hybridized carbons (Fsp3) is 0.0500.